The summed E-state index contributed by atoms with van der Waals surface area (Å²) in [4.78, 5) is 24.1. The van der Waals surface area contributed by atoms with Crippen LogP contribution in [-0.4, -0.2) is 18.6 Å². The summed E-state index contributed by atoms with van der Waals surface area (Å²) in [5, 5.41) is 4.85. The van der Waals surface area contributed by atoms with Gasteiger partial charge in [-0.3, -0.25) is 9.59 Å². The molecular formula is C18H17FN2O4. The van der Waals surface area contributed by atoms with Crippen LogP contribution in [0.1, 0.15) is 24.1 Å². The van der Waals surface area contributed by atoms with E-state index >= 15 is 0 Å². The Balaban J connectivity index is 1.65. The molecule has 0 saturated heterocycles. The van der Waals surface area contributed by atoms with Crippen LogP contribution < -0.4 is 20.1 Å². The molecular weight excluding hydrogens is 327 g/mol. The molecule has 0 aromatic heterocycles. The summed E-state index contributed by atoms with van der Waals surface area (Å²) in [6.45, 7) is 3.65. The van der Waals surface area contributed by atoms with Crippen molar-refractivity contribution in [2.45, 2.75) is 19.9 Å². The molecule has 1 heterocycles. The molecule has 1 aliphatic rings. The maximum Gasteiger partial charge on any atom is 0.313 e. The van der Waals surface area contributed by atoms with E-state index in [0.29, 0.717) is 11.5 Å². The van der Waals surface area contributed by atoms with E-state index in [0.717, 1.165) is 11.1 Å². The number of carbonyl (C=O) groups is 2. The van der Waals surface area contributed by atoms with E-state index in [9.17, 15) is 14.0 Å². The van der Waals surface area contributed by atoms with Gasteiger partial charge in [-0.05, 0) is 49.2 Å². The van der Waals surface area contributed by atoms with Crippen LogP contribution in [0.4, 0.5) is 10.1 Å². The molecule has 1 aliphatic heterocycles. The Kier molecular flexibility index (Phi) is 4.56. The number of amides is 2. The van der Waals surface area contributed by atoms with Crippen LogP contribution in [0.3, 0.4) is 0 Å². The minimum absolute atomic E-state index is 0.0316. The molecule has 3 rings (SSSR count). The highest BCUT2D eigenvalue weighted by molar-refractivity contribution is 6.39. The van der Waals surface area contributed by atoms with Crippen molar-refractivity contribution in [2.75, 3.05) is 12.1 Å². The lowest BCUT2D eigenvalue weighted by Gasteiger charge is -2.15. The maximum absolute atomic E-state index is 13.7. The monoisotopic (exact) mass is 344 g/mol. The number of hydrogen-bond acceptors (Lipinski definition) is 4. The second-order valence-electron chi connectivity index (χ2n) is 5.75. The van der Waals surface area contributed by atoms with Crippen molar-refractivity contribution >= 4 is 17.5 Å². The zero-order valence-electron chi connectivity index (χ0n) is 13.8. The first-order valence-electron chi connectivity index (χ1n) is 7.71. The van der Waals surface area contributed by atoms with Gasteiger partial charge in [0.2, 0.25) is 6.79 Å². The summed E-state index contributed by atoms with van der Waals surface area (Å²) in [6, 6.07) is 9.09. The molecule has 2 N–H and O–H groups in total. The van der Waals surface area contributed by atoms with Gasteiger partial charge in [-0.25, -0.2) is 4.39 Å². The van der Waals surface area contributed by atoms with E-state index in [1.165, 1.54) is 12.1 Å². The zero-order valence-corrected chi connectivity index (χ0v) is 13.8. The standard InChI is InChI=1S/C18H17FN2O4/c1-10-3-5-13(19)14(7-10)21-18(23)17(22)20-11(2)12-4-6-15-16(8-12)25-9-24-15/h3-8,11H,9H2,1-2H3,(H,20,22)(H,21,23). The van der Waals surface area contributed by atoms with Gasteiger partial charge in [-0.15, -0.1) is 0 Å². The molecule has 1 atom stereocenters. The molecule has 0 bridgehead atoms. The molecule has 0 saturated carbocycles. The maximum atomic E-state index is 13.7. The lowest BCUT2D eigenvalue weighted by atomic mass is 10.1. The van der Waals surface area contributed by atoms with Crippen LogP contribution in [-0.2, 0) is 9.59 Å². The Labute approximate surface area is 143 Å². The number of fused-ring (bicyclic) bond motifs is 1. The highest BCUT2D eigenvalue weighted by atomic mass is 19.1. The Morgan fingerprint density at radius 2 is 1.84 bits per heavy atom. The fraction of sp³-hybridized carbons (Fsp3) is 0.222. The predicted molar refractivity (Wildman–Crippen MR) is 88.9 cm³/mol. The first-order valence-corrected chi connectivity index (χ1v) is 7.71. The van der Waals surface area contributed by atoms with E-state index in [1.54, 1.807) is 38.1 Å². The summed E-state index contributed by atoms with van der Waals surface area (Å²) in [7, 11) is 0. The van der Waals surface area contributed by atoms with Crippen molar-refractivity contribution < 1.29 is 23.5 Å². The van der Waals surface area contributed by atoms with Gasteiger partial charge in [-0.1, -0.05) is 12.1 Å². The predicted octanol–water partition coefficient (Wildman–Crippen LogP) is 2.68. The van der Waals surface area contributed by atoms with E-state index in [-0.39, 0.29) is 12.5 Å². The van der Waals surface area contributed by atoms with Crippen LogP contribution in [0.25, 0.3) is 0 Å². The first-order chi connectivity index (χ1) is 11.9. The minimum atomic E-state index is -0.933. The number of hydrogen-bond donors (Lipinski definition) is 2. The molecule has 0 radical (unpaired) electrons. The van der Waals surface area contributed by atoms with Crippen molar-refractivity contribution in [3.05, 3.63) is 53.3 Å². The van der Waals surface area contributed by atoms with Crippen LogP contribution in [0.5, 0.6) is 11.5 Å². The van der Waals surface area contributed by atoms with Crippen molar-refractivity contribution in [1.29, 1.82) is 0 Å². The third kappa shape index (κ3) is 3.71. The second-order valence-corrected chi connectivity index (χ2v) is 5.75. The summed E-state index contributed by atoms with van der Waals surface area (Å²) < 4.78 is 24.2. The average Bonchev–Trinajstić information content (AvgIpc) is 3.05. The molecule has 2 amide bonds. The number of rotatable bonds is 3. The van der Waals surface area contributed by atoms with E-state index < -0.39 is 23.7 Å². The van der Waals surface area contributed by atoms with Gasteiger partial charge in [0.15, 0.2) is 11.5 Å². The smallest absolute Gasteiger partial charge is 0.313 e. The normalized spacial score (nSPS) is 13.2. The number of ether oxygens (including phenoxy) is 2. The highest BCUT2D eigenvalue weighted by Gasteiger charge is 2.20. The number of aryl methyl sites for hydroxylation is 1. The third-order valence-corrected chi connectivity index (χ3v) is 3.82. The van der Waals surface area contributed by atoms with Gasteiger partial charge in [0.05, 0.1) is 11.7 Å². The number of halogens is 1. The molecule has 7 heteroatoms. The van der Waals surface area contributed by atoms with Gasteiger partial charge in [0.25, 0.3) is 0 Å². The van der Waals surface area contributed by atoms with Gasteiger partial charge < -0.3 is 20.1 Å². The van der Waals surface area contributed by atoms with Gasteiger partial charge in [-0.2, -0.15) is 0 Å². The van der Waals surface area contributed by atoms with Crippen LogP contribution in [0.15, 0.2) is 36.4 Å². The summed E-state index contributed by atoms with van der Waals surface area (Å²) >= 11 is 0. The SMILES string of the molecule is Cc1ccc(F)c(NC(=O)C(=O)NC(C)c2ccc3c(c2)OCO3)c1. The quantitative estimate of drug-likeness (QED) is 0.840. The lowest BCUT2D eigenvalue weighted by molar-refractivity contribution is -0.136. The number of benzene rings is 2. The molecule has 2 aromatic rings. The summed E-state index contributed by atoms with van der Waals surface area (Å²) in [5.74, 6) is -1.17. The second kappa shape index (κ2) is 6.80. The number of nitrogens with one attached hydrogen (secondary N) is 2. The topological polar surface area (TPSA) is 76.7 Å². The summed E-state index contributed by atoms with van der Waals surface area (Å²) in [5.41, 5.74) is 1.49. The highest BCUT2D eigenvalue weighted by Crippen LogP contribution is 2.34. The molecule has 0 aliphatic carbocycles. The van der Waals surface area contributed by atoms with Gasteiger partial charge in [0.1, 0.15) is 5.82 Å². The fourth-order valence-electron chi connectivity index (χ4n) is 2.44. The van der Waals surface area contributed by atoms with E-state index in [4.69, 9.17) is 9.47 Å². The largest absolute Gasteiger partial charge is 0.454 e. The lowest BCUT2D eigenvalue weighted by Crippen LogP contribution is -2.37. The molecule has 0 spiro atoms. The minimum Gasteiger partial charge on any atom is -0.454 e. The fourth-order valence-corrected chi connectivity index (χ4v) is 2.44. The molecule has 130 valence electrons. The molecule has 6 nitrogen and oxygen atoms in total. The average molecular weight is 344 g/mol. The number of carbonyl (C=O) groups excluding carboxylic acids is 2. The molecule has 0 fully saturated rings. The van der Waals surface area contributed by atoms with Crippen LogP contribution in [0, 0.1) is 12.7 Å². The Morgan fingerprint density at radius 1 is 1.08 bits per heavy atom. The van der Waals surface area contributed by atoms with Crippen LogP contribution >= 0.6 is 0 Å². The molecule has 2 aromatic carbocycles. The van der Waals surface area contributed by atoms with Crippen molar-refractivity contribution in [3.63, 3.8) is 0 Å². The van der Waals surface area contributed by atoms with Gasteiger partial charge >= 0.3 is 11.8 Å². The molecule has 1 unspecified atom stereocenters. The Bertz CT molecular complexity index is 838. The van der Waals surface area contributed by atoms with E-state index in [2.05, 4.69) is 10.6 Å². The van der Waals surface area contributed by atoms with E-state index in [1.807, 2.05) is 0 Å². The van der Waals surface area contributed by atoms with Crippen molar-refractivity contribution in [1.82, 2.24) is 5.32 Å². The van der Waals surface area contributed by atoms with Crippen LogP contribution in [0.2, 0.25) is 0 Å². The summed E-state index contributed by atoms with van der Waals surface area (Å²) in [6.07, 6.45) is 0. The Morgan fingerprint density at radius 3 is 2.64 bits per heavy atom. The van der Waals surface area contributed by atoms with Crippen molar-refractivity contribution in [3.8, 4) is 11.5 Å². The van der Waals surface area contributed by atoms with Crippen molar-refractivity contribution in [2.24, 2.45) is 0 Å². The Hall–Kier alpha value is -3.09. The number of anilines is 1. The molecule has 25 heavy (non-hydrogen) atoms. The zero-order chi connectivity index (χ0) is 18.0. The van der Waals surface area contributed by atoms with Gasteiger partial charge in [0, 0.05) is 0 Å². The first kappa shape index (κ1) is 16.8. The third-order valence-electron chi connectivity index (χ3n) is 3.82.